The second kappa shape index (κ2) is 4.79. The first-order chi connectivity index (χ1) is 7.70. The lowest BCUT2D eigenvalue weighted by Gasteiger charge is -2.31. The van der Waals surface area contributed by atoms with Crippen molar-refractivity contribution < 1.29 is 14.7 Å². The minimum absolute atomic E-state index is 0.289. The van der Waals surface area contributed by atoms with Gasteiger partial charge in [-0.2, -0.15) is 11.8 Å². The second-order valence-electron chi connectivity index (χ2n) is 3.21. The van der Waals surface area contributed by atoms with E-state index < -0.39 is 12.0 Å². The molecule has 1 atom stereocenters. The summed E-state index contributed by atoms with van der Waals surface area (Å²) < 4.78 is 3.60. The number of carbonyl (C=O) groups excluding carboxylic acids is 1. The smallest absolute Gasteiger partial charge is 0.327 e. The van der Waals surface area contributed by atoms with Gasteiger partial charge in [0.1, 0.15) is 10.9 Å². The van der Waals surface area contributed by atoms with E-state index in [1.165, 1.54) is 11.1 Å². The van der Waals surface area contributed by atoms with Crippen molar-refractivity contribution in [3.05, 3.63) is 11.1 Å². The van der Waals surface area contributed by atoms with Crippen molar-refractivity contribution in [3.8, 4) is 0 Å². The van der Waals surface area contributed by atoms with Crippen molar-refractivity contribution in [1.29, 1.82) is 0 Å². The number of nitrogens with zero attached hydrogens (tertiary/aromatic N) is 3. The Bertz CT molecular complexity index is 395. The average Bonchev–Trinajstić information content (AvgIpc) is 2.81. The Balaban J connectivity index is 2.17. The number of amides is 1. The van der Waals surface area contributed by atoms with Crippen LogP contribution in [0.4, 0.5) is 0 Å². The van der Waals surface area contributed by atoms with Crippen LogP contribution in [0.25, 0.3) is 0 Å². The van der Waals surface area contributed by atoms with Gasteiger partial charge in [-0.05, 0) is 11.5 Å². The van der Waals surface area contributed by atoms with Gasteiger partial charge in [0.2, 0.25) is 0 Å². The van der Waals surface area contributed by atoms with E-state index in [1.807, 2.05) is 0 Å². The van der Waals surface area contributed by atoms with Crippen molar-refractivity contribution in [2.45, 2.75) is 6.04 Å². The monoisotopic (exact) mass is 259 g/mol. The molecule has 1 aliphatic rings. The maximum atomic E-state index is 12.0. The fraction of sp³-hybridized carbons (Fsp3) is 0.500. The molecule has 0 saturated carbocycles. The quantitative estimate of drug-likeness (QED) is 0.815. The van der Waals surface area contributed by atoms with Crippen molar-refractivity contribution in [2.24, 2.45) is 0 Å². The van der Waals surface area contributed by atoms with Gasteiger partial charge in [0.15, 0.2) is 0 Å². The lowest BCUT2D eigenvalue weighted by atomic mass is 10.2. The first kappa shape index (κ1) is 11.3. The highest BCUT2D eigenvalue weighted by molar-refractivity contribution is 7.99. The van der Waals surface area contributed by atoms with Crippen molar-refractivity contribution in [3.63, 3.8) is 0 Å². The summed E-state index contributed by atoms with van der Waals surface area (Å²) in [5, 5.41) is 12.6. The molecular weight excluding hydrogens is 250 g/mol. The Kier molecular flexibility index (Phi) is 3.39. The first-order valence-electron chi connectivity index (χ1n) is 4.59. The molecule has 0 aliphatic carbocycles. The lowest BCUT2D eigenvalue weighted by molar-refractivity contribution is -0.141. The maximum absolute atomic E-state index is 12.0. The molecule has 1 amide bonds. The molecule has 1 saturated heterocycles. The Morgan fingerprint density at radius 2 is 2.38 bits per heavy atom. The molecule has 6 nitrogen and oxygen atoms in total. The summed E-state index contributed by atoms with van der Waals surface area (Å²) in [6.07, 6.45) is 1.37. The Labute approximate surface area is 99.8 Å². The predicted molar refractivity (Wildman–Crippen MR) is 59.7 cm³/mol. The summed E-state index contributed by atoms with van der Waals surface area (Å²) in [5.41, 5.74) is 0. The van der Waals surface area contributed by atoms with Gasteiger partial charge in [-0.15, -0.1) is 5.10 Å². The number of carboxylic acid groups (broad SMARTS) is 1. The molecule has 1 fully saturated rings. The van der Waals surface area contributed by atoms with Crippen LogP contribution < -0.4 is 0 Å². The normalized spacial score (nSPS) is 20.8. The molecular formula is C8H9N3O3S2. The third-order valence-electron chi connectivity index (χ3n) is 2.25. The molecule has 2 heterocycles. The molecule has 16 heavy (non-hydrogen) atoms. The summed E-state index contributed by atoms with van der Waals surface area (Å²) in [4.78, 5) is 24.7. The molecule has 0 spiro atoms. The van der Waals surface area contributed by atoms with Crippen LogP contribution in [0.5, 0.6) is 0 Å². The zero-order chi connectivity index (χ0) is 11.5. The van der Waals surface area contributed by atoms with Gasteiger partial charge in [0.25, 0.3) is 5.91 Å². The number of hydrogen-bond acceptors (Lipinski definition) is 6. The zero-order valence-corrected chi connectivity index (χ0v) is 9.83. The van der Waals surface area contributed by atoms with E-state index >= 15 is 0 Å². The summed E-state index contributed by atoms with van der Waals surface area (Å²) in [6.45, 7) is 0.457. The number of carbonyl (C=O) groups is 2. The van der Waals surface area contributed by atoms with Crippen LogP contribution in [0, 0.1) is 0 Å². The molecule has 1 unspecified atom stereocenters. The van der Waals surface area contributed by atoms with Crippen molar-refractivity contribution in [2.75, 3.05) is 18.1 Å². The molecule has 0 bridgehead atoms. The van der Waals surface area contributed by atoms with Crippen LogP contribution in [-0.2, 0) is 4.79 Å². The number of rotatable bonds is 2. The molecule has 0 aromatic carbocycles. The largest absolute Gasteiger partial charge is 0.480 e. The molecule has 8 heteroatoms. The van der Waals surface area contributed by atoms with E-state index in [9.17, 15) is 9.59 Å². The summed E-state index contributed by atoms with van der Waals surface area (Å²) >= 11 is 2.53. The molecule has 1 aliphatic heterocycles. The summed E-state index contributed by atoms with van der Waals surface area (Å²) in [7, 11) is 0. The summed E-state index contributed by atoms with van der Waals surface area (Å²) in [5.74, 6) is -0.0459. The van der Waals surface area contributed by atoms with Crippen molar-refractivity contribution >= 4 is 35.2 Å². The number of aromatic nitrogens is 2. The van der Waals surface area contributed by atoms with E-state index in [0.717, 1.165) is 17.3 Å². The predicted octanol–water partition coefficient (Wildman–Crippen LogP) is 0.180. The van der Waals surface area contributed by atoms with E-state index in [1.54, 1.807) is 11.8 Å². The molecule has 1 N–H and O–H groups in total. The third kappa shape index (κ3) is 2.17. The van der Waals surface area contributed by atoms with Gasteiger partial charge >= 0.3 is 5.97 Å². The average molecular weight is 259 g/mol. The lowest BCUT2D eigenvalue weighted by Crippen LogP contribution is -2.50. The van der Waals surface area contributed by atoms with E-state index in [2.05, 4.69) is 9.59 Å². The van der Waals surface area contributed by atoms with Crippen LogP contribution >= 0.6 is 23.3 Å². The van der Waals surface area contributed by atoms with Gasteiger partial charge in [-0.3, -0.25) is 4.79 Å². The van der Waals surface area contributed by atoms with Gasteiger partial charge in [-0.25, -0.2) is 4.79 Å². The van der Waals surface area contributed by atoms with Crippen molar-refractivity contribution in [1.82, 2.24) is 14.5 Å². The van der Waals surface area contributed by atoms with Crippen LogP contribution in [0.1, 0.15) is 9.67 Å². The Morgan fingerprint density at radius 3 is 3.00 bits per heavy atom. The fourth-order valence-corrected chi connectivity index (χ4v) is 2.96. The number of thioether (sulfide) groups is 1. The van der Waals surface area contributed by atoms with Crippen LogP contribution in [0.2, 0.25) is 0 Å². The molecule has 1 aromatic heterocycles. The molecule has 1 aromatic rings. The van der Waals surface area contributed by atoms with Crippen LogP contribution in [0.3, 0.4) is 0 Å². The maximum Gasteiger partial charge on any atom is 0.327 e. The van der Waals surface area contributed by atoms with Gasteiger partial charge < -0.3 is 10.0 Å². The topological polar surface area (TPSA) is 83.4 Å². The molecule has 2 rings (SSSR count). The van der Waals surface area contributed by atoms with Gasteiger partial charge in [-0.1, -0.05) is 4.49 Å². The first-order valence-corrected chi connectivity index (χ1v) is 6.52. The minimum Gasteiger partial charge on any atom is -0.480 e. The zero-order valence-electron chi connectivity index (χ0n) is 8.20. The SMILES string of the molecule is O=C(O)C1CSCCN1C(=O)c1cnns1. The van der Waals surface area contributed by atoms with Crippen LogP contribution in [-0.4, -0.2) is 55.6 Å². The standard InChI is InChI=1S/C8H9N3O3S2/c12-7(6-3-9-10-16-6)11-1-2-15-4-5(11)8(13)14/h3,5H,1-2,4H2,(H,13,14). The van der Waals surface area contributed by atoms with E-state index in [4.69, 9.17) is 5.11 Å². The number of carboxylic acids is 1. The van der Waals surface area contributed by atoms with E-state index in [-0.39, 0.29) is 5.91 Å². The summed E-state index contributed by atoms with van der Waals surface area (Å²) in [6, 6.07) is -0.742. The Morgan fingerprint density at radius 1 is 1.56 bits per heavy atom. The minimum atomic E-state index is -0.960. The molecule has 0 radical (unpaired) electrons. The van der Waals surface area contributed by atoms with Crippen LogP contribution in [0.15, 0.2) is 6.20 Å². The van der Waals surface area contributed by atoms with E-state index in [0.29, 0.717) is 17.2 Å². The van der Waals surface area contributed by atoms with Gasteiger partial charge in [0, 0.05) is 18.1 Å². The third-order valence-corrected chi connectivity index (χ3v) is 3.92. The highest BCUT2D eigenvalue weighted by Crippen LogP contribution is 2.19. The second-order valence-corrected chi connectivity index (χ2v) is 5.14. The Hall–Kier alpha value is -1.15. The highest BCUT2D eigenvalue weighted by Gasteiger charge is 2.33. The molecule has 86 valence electrons. The van der Waals surface area contributed by atoms with Gasteiger partial charge in [0.05, 0.1) is 6.20 Å². The number of aliphatic carboxylic acids is 1. The highest BCUT2D eigenvalue weighted by atomic mass is 32.2. The fourth-order valence-electron chi connectivity index (χ4n) is 1.45. The number of hydrogen-bond donors (Lipinski definition) is 1.